The third-order valence-corrected chi connectivity index (χ3v) is 7.30. The van der Waals surface area contributed by atoms with E-state index < -0.39 is 66.6 Å². The van der Waals surface area contributed by atoms with Gasteiger partial charge in [0.1, 0.15) is 0 Å². The van der Waals surface area contributed by atoms with Crippen LogP contribution in [0.5, 0.6) is 0 Å². The van der Waals surface area contributed by atoms with Crippen LogP contribution in [-0.4, -0.2) is 76.0 Å². The number of hydrogen-bond acceptors (Lipinski definition) is 6. The van der Waals surface area contributed by atoms with E-state index in [1.165, 1.54) is 0 Å². The molecular weight excluding hydrogens is 464 g/mol. The van der Waals surface area contributed by atoms with E-state index in [0.717, 1.165) is 0 Å². The molecule has 0 aromatic rings. The van der Waals surface area contributed by atoms with E-state index in [1.807, 2.05) is 0 Å². The summed E-state index contributed by atoms with van der Waals surface area (Å²) in [4.78, 5) is 74.5. The highest BCUT2D eigenvalue weighted by Crippen LogP contribution is 2.52. The van der Waals surface area contributed by atoms with Crippen LogP contribution in [0.2, 0.25) is 0 Å². The Hall–Kier alpha value is 0.520. The van der Waals surface area contributed by atoms with Gasteiger partial charge in [0.2, 0.25) is 0 Å². The van der Waals surface area contributed by atoms with Gasteiger partial charge in [0, 0.05) is 5.54 Å². The molecule has 0 radical (unpaired) electrons. The first kappa shape index (κ1) is 28.5. The third-order valence-electron chi connectivity index (χ3n) is 3.86. The van der Waals surface area contributed by atoms with Gasteiger partial charge in [-0.2, -0.15) is 0 Å². The minimum atomic E-state index is -5.05. The number of rotatable bonds is 14. The van der Waals surface area contributed by atoms with Crippen molar-refractivity contribution >= 4 is 30.4 Å². The second kappa shape index (κ2) is 10.7. The summed E-state index contributed by atoms with van der Waals surface area (Å²) in [5.74, 6) is -1.42. The first-order chi connectivity index (χ1) is 12.3. The van der Waals surface area contributed by atoms with Gasteiger partial charge in [0.15, 0.2) is 0 Å². The lowest BCUT2D eigenvalue weighted by Gasteiger charge is -2.42. The van der Waals surface area contributed by atoms with Crippen LogP contribution in [0.25, 0.3) is 0 Å². The maximum atomic E-state index is 11.7. The highest BCUT2D eigenvalue weighted by molar-refractivity contribution is 7.53. The highest BCUT2D eigenvalue weighted by atomic mass is 31.2. The Morgan fingerprint density at radius 3 is 1.54 bits per heavy atom. The fraction of sp³-hybridized carbons (Fsp3) is 1.00. The molecular formula is C10H28N2O12P4. The number of hydrogen-bond donors (Lipinski definition) is 10. The van der Waals surface area contributed by atoms with Crippen molar-refractivity contribution in [1.29, 1.82) is 0 Å². The van der Waals surface area contributed by atoms with Gasteiger partial charge in [-0.25, -0.2) is 0 Å². The number of nitrogens with two attached hydrogens (primary N) is 1. The molecule has 1 atom stereocenters. The Bertz CT molecular complexity index is 654. The van der Waals surface area contributed by atoms with Crippen molar-refractivity contribution in [3.05, 3.63) is 0 Å². The molecule has 0 aromatic carbocycles. The summed E-state index contributed by atoms with van der Waals surface area (Å²) in [6.07, 6.45) is -4.42. The van der Waals surface area contributed by atoms with Crippen molar-refractivity contribution in [2.45, 2.75) is 24.8 Å². The lowest BCUT2D eigenvalue weighted by atomic mass is 9.84. The molecule has 0 rings (SSSR count). The molecule has 14 nitrogen and oxygen atoms in total. The maximum absolute atomic E-state index is 11.7. The Morgan fingerprint density at radius 1 is 0.750 bits per heavy atom. The van der Waals surface area contributed by atoms with Gasteiger partial charge in [-0.15, -0.1) is 0 Å². The Balaban J connectivity index is 6.33. The molecule has 28 heavy (non-hydrogen) atoms. The minimum absolute atomic E-state index is 0.156. The van der Waals surface area contributed by atoms with Gasteiger partial charge in [-0.1, -0.05) is 6.42 Å². The summed E-state index contributed by atoms with van der Waals surface area (Å²) in [5.41, 5.74) is 3.00. The van der Waals surface area contributed by atoms with Crippen molar-refractivity contribution in [1.82, 2.24) is 5.32 Å². The largest absolute Gasteiger partial charge is 0.339 e. The monoisotopic (exact) mass is 492 g/mol. The number of nitrogens with one attached hydrogen (secondary N) is 1. The summed E-state index contributed by atoms with van der Waals surface area (Å²) in [5, 5.41) is 2.11. The van der Waals surface area contributed by atoms with Crippen LogP contribution in [0.1, 0.15) is 19.3 Å². The third kappa shape index (κ3) is 13.7. The summed E-state index contributed by atoms with van der Waals surface area (Å²) in [6.45, 7) is 0.183. The van der Waals surface area contributed by atoms with Gasteiger partial charge in [-0.05, 0) is 25.3 Å². The quantitative estimate of drug-likeness (QED) is 0.100. The van der Waals surface area contributed by atoms with Crippen LogP contribution in [-0.2, 0) is 18.3 Å². The van der Waals surface area contributed by atoms with E-state index in [9.17, 15) is 47.6 Å². The van der Waals surface area contributed by atoms with Crippen molar-refractivity contribution in [2.75, 3.05) is 31.3 Å². The van der Waals surface area contributed by atoms with Crippen molar-refractivity contribution in [3.8, 4) is 0 Å². The standard InChI is InChI=1S/C10H28N2O12P4/c11-4-2-1-3-9(5-25(13,14)15)10(6-26(16,17)18,7-27(19,20)21)12-8-28(22,23)24/h9,12H,1-8,11H2,(H2,13,14,15)(H2,16,17,18)(H2,19,20,21)(H2,22,23,24). The van der Waals surface area contributed by atoms with Gasteiger partial charge >= 0.3 is 30.4 Å². The molecule has 0 fully saturated rings. The minimum Gasteiger partial charge on any atom is -0.330 e. The molecule has 0 saturated heterocycles. The van der Waals surface area contributed by atoms with E-state index in [2.05, 4.69) is 5.32 Å². The van der Waals surface area contributed by atoms with Crippen LogP contribution >= 0.6 is 30.4 Å². The summed E-state index contributed by atoms with van der Waals surface area (Å²) >= 11 is 0. The molecule has 0 aliphatic rings. The van der Waals surface area contributed by atoms with E-state index in [4.69, 9.17) is 15.5 Å². The van der Waals surface area contributed by atoms with Gasteiger partial charge in [-0.3, -0.25) is 23.6 Å². The average Bonchev–Trinajstić information content (AvgIpc) is 2.38. The predicted molar refractivity (Wildman–Crippen MR) is 99.9 cm³/mol. The van der Waals surface area contributed by atoms with E-state index in [1.54, 1.807) is 0 Å². The normalized spacial score (nSPS) is 15.6. The lowest BCUT2D eigenvalue weighted by molar-refractivity contribution is 0.224. The molecule has 170 valence electrons. The zero-order valence-corrected chi connectivity index (χ0v) is 18.4. The highest BCUT2D eigenvalue weighted by Gasteiger charge is 2.49. The summed E-state index contributed by atoms with van der Waals surface area (Å²) in [7, 11) is -19.8. The molecule has 0 spiro atoms. The molecule has 18 heteroatoms. The smallest absolute Gasteiger partial charge is 0.330 e. The predicted octanol–water partition coefficient (Wildman–Crippen LogP) is -1.27. The molecule has 0 saturated carbocycles. The molecule has 0 aliphatic carbocycles. The fourth-order valence-electron chi connectivity index (χ4n) is 2.92. The van der Waals surface area contributed by atoms with Gasteiger partial charge in [0.25, 0.3) is 0 Å². The Kier molecular flexibility index (Phi) is 10.9. The van der Waals surface area contributed by atoms with E-state index in [0.29, 0.717) is 6.42 Å². The summed E-state index contributed by atoms with van der Waals surface area (Å²) < 4.78 is 46.1. The Labute approximate surface area is 161 Å². The van der Waals surface area contributed by atoms with Crippen LogP contribution in [0.15, 0.2) is 0 Å². The molecule has 0 aromatic heterocycles. The molecule has 11 N–H and O–H groups in total. The van der Waals surface area contributed by atoms with Crippen molar-refractivity contribution in [3.63, 3.8) is 0 Å². The second-order valence-electron chi connectivity index (χ2n) is 6.63. The van der Waals surface area contributed by atoms with Crippen LogP contribution in [0.4, 0.5) is 0 Å². The second-order valence-corrected chi connectivity index (χ2v) is 13.3. The number of unbranched alkanes of at least 4 members (excludes halogenated alkanes) is 1. The van der Waals surface area contributed by atoms with E-state index >= 15 is 0 Å². The van der Waals surface area contributed by atoms with Crippen LogP contribution in [0.3, 0.4) is 0 Å². The average molecular weight is 492 g/mol. The lowest BCUT2D eigenvalue weighted by Crippen LogP contribution is -2.58. The summed E-state index contributed by atoms with van der Waals surface area (Å²) in [6, 6.07) is 0. The van der Waals surface area contributed by atoms with Crippen molar-refractivity contribution in [2.24, 2.45) is 11.7 Å². The van der Waals surface area contributed by atoms with Crippen LogP contribution in [0, 0.1) is 5.92 Å². The molecule has 0 bridgehead atoms. The van der Waals surface area contributed by atoms with E-state index in [-0.39, 0.29) is 19.4 Å². The van der Waals surface area contributed by atoms with Gasteiger partial charge in [0.05, 0.1) is 24.8 Å². The van der Waals surface area contributed by atoms with Gasteiger partial charge < -0.3 is 44.9 Å². The first-order valence-corrected chi connectivity index (χ1v) is 15.1. The molecule has 1 unspecified atom stereocenters. The zero-order chi connectivity index (χ0) is 22.4. The topological polar surface area (TPSA) is 268 Å². The van der Waals surface area contributed by atoms with Crippen molar-refractivity contribution < 1.29 is 57.4 Å². The maximum Gasteiger partial charge on any atom is 0.339 e. The molecule has 0 aliphatic heterocycles. The first-order valence-electron chi connectivity index (χ1n) is 7.92. The zero-order valence-electron chi connectivity index (χ0n) is 14.8. The fourth-order valence-corrected chi connectivity index (χ4v) is 7.16. The Morgan fingerprint density at radius 2 is 1.21 bits per heavy atom. The van der Waals surface area contributed by atoms with Crippen LogP contribution < -0.4 is 11.1 Å². The molecule has 0 amide bonds. The SMILES string of the molecule is NCCCCC(CP(=O)(O)O)C(CP(=O)(O)O)(CP(=O)(O)O)NCP(=O)(O)O. The molecule has 0 heterocycles.